The van der Waals surface area contributed by atoms with Gasteiger partial charge in [0, 0.05) is 23.3 Å². The van der Waals surface area contributed by atoms with Crippen molar-refractivity contribution in [3.63, 3.8) is 0 Å². The van der Waals surface area contributed by atoms with Crippen molar-refractivity contribution in [2.24, 2.45) is 0 Å². The van der Waals surface area contributed by atoms with E-state index in [1.807, 2.05) is 24.3 Å². The summed E-state index contributed by atoms with van der Waals surface area (Å²) in [4.78, 5) is 8.85. The molecule has 5 rings (SSSR count). The maximum atomic E-state index is 6.30. The van der Waals surface area contributed by atoms with Crippen molar-refractivity contribution >= 4 is 45.6 Å². The van der Waals surface area contributed by atoms with Gasteiger partial charge in [0.15, 0.2) is 5.82 Å². The Labute approximate surface area is 166 Å². The fraction of sp³-hybridized carbons (Fsp3) is 0.150. The lowest BCUT2D eigenvalue weighted by Crippen LogP contribution is -2.23. The van der Waals surface area contributed by atoms with Crippen LogP contribution in [0.5, 0.6) is 0 Å². The number of H-pyrrole nitrogens is 1. The first kappa shape index (κ1) is 17.0. The summed E-state index contributed by atoms with van der Waals surface area (Å²) in [7, 11) is 0. The third kappa shape index (κ3) is 3.37. The summed E-state index contributed by atoms with van der Waals surface area (Å²) in [6.45, 7) is 1.92. The number of hydrogen-bond donors (Lipinski definition) is 4. The van der Waals surface area contributed by atoms with Crippen molar-refractivity contribution in [1.29, 1.82) is 0 Å². The Kier molecular flexibility index (Phi) is 4.31. The highest BCUT2D eigenvalue weighted by molar-refractivity contribution is 6.32. The minimum atomic E-state index is 0.451. The zero-order chi connectivity index (χ0) is 18.9. The first-order valence-electron chi connectivity index (χ1n) is 9.07. The molecule has 0 aliphatic carbocycles. The van der Waals surface area contributed by atoms with E-state index < -0.39 is 0 Å². The standard InChI is InChI=1S/C20H18ClN7/c21-17-11-23-20(26-15-3-1-13-9-22-6-5-12(13)7-15)27-19(17)25-16-4-2-14-10-24-28-18(14)8-16/h1-4,7-8,10-11,22H,5-6,9H2,(H,24,28)(H2,23,25,26,27). The van der Waals surface area contributed by atoms with Crippen LogP contribution in [0.3, 0.4) is 0 Å². The fourth-order valence-electron chi connectivity index (χ4n) is 3.35. The summed E-state index contributed by atoms with van der Waals surface area (Å²) in [5.74, 6) is 1.03. The lowest BCUT2D eigenvalue weighted by atomic mass is 10.0. The Balaban J connectivity index is 1.39. The molecule has 3 heterocycles. The Morgan fingerprint density at radius 1 is 0.964 bits per heavy atom. The summed E-state index contributed by atoms with van der Waals surface area (Å²) in [5.41, 5.74) is 5.46. The zero-order valence-electron chi connectivity index (χ0n) is 15.0. The second kappa shape index (κ2) is 7.10. The average molecular weight is 392 g/mol. The van der Waals surface area contributed by atoms with Gasteiger partial charge in [-0.05, 0) is 54.4 Å². The van der Waals surface area contributed by atoms with Crippen LogP contribution in [0.2, 0.25) is 5.02 Å². The van der Waals surface area contributed by atoms with Crippen LogP contribution in [0.15, 0.2) is 48.8 Å². The van der Waals surface area contributed by atoms with E-state index in [4.69, 9.17) is 11.6 Å². The molecule has 0 amide bonds. The van der Waals surface area contributed by atoms with Gasteiger partial charge >= 0.3 is 0 Å². The minimum absolute atomic E-state index is 0.451. The third-order valence-corrected chi connectivity index (χ3v) is 5.07. The van der Waals surface area contributed by atoms with E-state index in [2.05, 4.69) is 48.2 Å². The van der Waals surface area contributed by atoms with Crippen molar-refractivity contribution in [3.8, 4) is 0 Å². The van der Waals surface area contributed by atoms with Gasteiger partial charge in [-0.2, -0.15) is 10.1 Å². The van der Waals surface area contributed by atoms with Crippen LogP contribution in [-0.4, -0.2) is 26.7 Å². The molecular formula is C20H18ClN7. The summed E-state index contributed by atoms with van der Waals surface area (Å²) in [5, 5.41) is 18.4. The molecule has 0 atom stereocenters. The molecule has 1 aliphatic rings. The lowest BCUT2D eigenvalue weighted by Gasteiger charge is -2.18. The summed E-state index contributed by atoms with van der Waals surface area (Å²) < 4.78 is 0. The smallest absolute Gasteiger partial charge is 0.229 e. The molecule has 0 radical (unpaired) electrons. The van der Waals surface area contributed by atoms with Gasteiger partial charge in [0.1, 0.15) is 5.02 Å². The van der Waals surface area contributed by atoms with Gasteiger partial charge in [-0.1, -0.05) is 17.7 Å². The largest absolute Gasteiger partial charge is 0.339 e. The molecule has 28 heavy (non-hydrogen) atoms. The van der Waals surface area contributed by atoms with E-state index in [-0.39, 0.29) is 0 Å². The molecule has 7 nitrogen and oxygen atoms in total. The molecule has 0 saturated heterocycles. The van der Waals surface area contributed by atoms with Crippen molar-refractivity contribution in [3.05, 3.63) is 64.9 Å². The van der Waals surface area contributed by atoms with Crippen LogP contribution in [-0.2, 0) is 13.0 Å². The number of anilines is 4. The van der Waals surface area contributed by atoms with E-state index in [9.17, 15) is 0 Å². The Morgan fingerprint density at radius 2 is 1.86 bits per heavy atom. The molecule has 0 saturated carbocycles. The van der Waals surface area contributed by atoms with Gasteiger partial charge in [0.25, 0.3) is 0 Å². The van der Waals surface area contributed by atoms with Crippen LogP contribution in [0.1, 0.15) is 11.1 Å². The highest BCUT2D eigenvalue weighted by atomic mass is 35.5. The molecule has 4 N–H and O–H groups in total. The summed E-state index contributed by atoms with van der Waals surface area (Å²) in [6, 6.07) is 12.2. The molecule has 0 fully saturated rings. The number of aromatic nitrogens is 4. The quantitative estimate of drug-likeness (QED) is 0.418. The van der Waals surface area contributed by atoms with Crippen molar-refractivity contribution in [1.82, 2.24) is 25.5 Å². The van der Waals surface area contributed by atoms with Crippen LogP contribution >= 0.6 is 11.6 Å². The Morgan fingerprint density at radius 3 is 2.82 bits per heavy atom. The lowest BCUT2D eigenvalue weighted by molar-refractivity contribution is 0.644. The molecule has 0 bridgehead atoms. The number of nitrogens with zero attached hydrogens (tertiary/aromatic N) is 3. The number of halogens is 1. The van der Waals surface area contributed by atoms with Gasteiger partial charge in [0.2, 0.25) is 5.95 Å². The van der Waals surface area contributed by atoms with E-state index in [1.54, 1.807) is 12.4 Å². The molecule has 1 aliphatic heterocycles. The molecule has 2 aromatic heterocycles. The molecular weight excluding hydrogens is 374 g/mol. The normalized spacial score (nSPS) is 13.3. The van der Waals surface area contributed by atoms with E-state index >= 15 is 0 Å². The molecule has 8 heteroatoms. The maximum Gasteiger partial charge on any atom is 0.229 e. The van der Waals surface area contributed by atoms with Gasteiger partial charge in [0.05, 0.1) is 17.9 Å². The first-order valence-corrected chi connectivity index (χ1v) is 9.45. The number of hydrogen-bond acceptors (Lipinski definition) is 6. The minimum Gasteiger partial charge on any atom is -0.339 e. The average Bonchev–Trinajstić information content (AvgIpc) is 3.18. The fourth-order valence-corrected chi connectivity index (χ4v) is 3.49. The molecule has 2 aromatic carbocycles. The molecule has 0 spiro atoms. The zero-order valence-corrected chi connectivity index (χ0v) is 15.7. The van der Waals surface area contributed by atoms with Crippen molar-refractivity contribution < 1.29 is 0 Å². The monoisotopic (exact) mass is 391 g/mol. The topological polar surface area (TPSA) is 90.6 Å². The molecule has 4 aromatic rings. The van der Waals surface area contributed by atoms with Gasteiger partial charge < -0.3 is 16.0 Å². The summed E-state index contributed by atoms with van der Waals surface area (Å²) in [6.07, 6.45) is 4.40. The number of fused-ring (bicyclic) bond motifs is 2. The second-order valence-corrected chi connectivity index (χ2v) is 7.13. The van der Waals surface area contributed by atoms with E-state index in [1.165, 1.54) is 11.1 Å². The predicted octanol–water partition coefficient (Wildman–Crippen LogP) is 4.14. The summed E-state index contributed by atoms with van der Waals surface area (Å²) >= 11 is 6.30. The molecule has 140 valence electrons. The number of aromatic amines is 1. The molecule has 0 unspecified atom stereocenters. The number of benzene rings is 2. The third-order valence-electron chi connectivity index (χ3n) is 4.80. The highest BCUT2D eigenvalue weighted by Crippen LogP contribution is 2.27. The SMILES string of the molecule is Clc1cnc(Nc2ccc3c(c2)CCNC3)nc1Nc1ccc2cn[nH]c2c1. The Hall–Kier alpha value is -3.16. The van der Waals surface area contributed by atoms with Gasteiger partial charge in [-0.15, -0.1) is 0 Å². The number of rotatable bonds is 4. The van der Waals surface area contributed by atoms with Gasteiger partial charge in [-0.3, -0.25) is 5.10 Å². The highest BCUT2D eigenvalue weighted by Gasteiger charge is 2.11. The van der Waals surface area contributed by atoms with E-state index in [0.717, 1.165) is 41.8 Å². The van der Waals surface area contributed by atoms with Crippen LogP contribution in [0.25, 0.3) is 10.9 Å². The number of nitrogens with one attached hydrogen (secondary N) is 4. The van der Waals surface area contributed by atoms with Crippen LogP contribution in [0.4, 0.5) is 23.1 Å². The first-order chi connectivity index (χ1) is 13.7. The maximum absolute atomic E-state index is 6.30. The van der Waals surface area contributed by atoms with Crippen LogP contribution < -0.4 is 16.0 Å². The predicted molar refractivity (Wildman–Crippen MR) is 112 cm³/mol. The van der Waals surface area contributed by atoms with E-state index in [0.29, 0.717) is 16.8 Å². The van der Waals surface area contributed by atoms with Gasteiger partial charge in [-0.25, -0.2) is 4.98 Å². The van der Waals surface area contributed by atoms with Crippen molar-refractivity contribution in [2.75, 3.05) is 17.2 Å². The second-order valence-electron chi connectivity index (χ2n) is 6.72. The Bertz CT molecular complexity index is 1150. The van der Waals surface area contributed by atoms with Crippen LogP contribution in [0, 0.1) is 0 Å². The van der Waals surface area contributed by atoms with Crippen molar-refractivity contribution in [2.45, 2.75) is 13.0 Å².